The standard InChI is InChI=1S/C21H26FNO2/c1-20(2,3)15-11-13(12-16(18(15)24)21(4,5)6)23-19(25)14-9-7-8-10-17(14)22/h7-12,24H,1-6H3,(H,23,25). The van der Waals surface area contributed by atoms with Crippen molar-refractivity contribution in [2.45, 2.75) is 52.4 Å². The Bertz CT molecular complexity index is 763. The summed E-state index contributed by atoms with van der Waals surface area (Å²) >= 11 is 0. The maximum absolute atomic E-state index is 13.8. The fourth-order valence-corrected chi connectivity index (χ4v) is 2.69. The maximum Gasteiger partial charge on any atom is 0.258 e. The number of benzene rings is 2. The summed E-state index contributed by atoms with van der Waals surface area (Å²) in [6.45, 7) is 12.0. The van der Waals surface area contributed by atoms with Crippen molar-refractivity contribution in [3.8, 4) is 5.75 Å². The summed E-state index contributed by atoms with van der Waals surface area (Å²) in [6, 6.07) is 9.37. The van der Waals surface area contributed by atoms with Gasteiger partial charge in [0.1, 0.15) is 11.6 Å². The average molecular weight is 343 g/mol. The van der Waals surface area contributed by atoms with Gasteiger partial charge in [-0.15, -0.1) is 0 Å². The fourth-order valence-electron chi connectivity index (χ4n) is 2.69. The topological polar surface area (TPSA) is 49.3 Å². The van der Waals surface area contributed by atoms with Crippen molar-refractivity contribution in [2.75, 3.05) is 5.32 Å². The molecule has 0 aliphatic heterocycles. The molecule has 2 aromatic carbocycles. The van der Waals surface area contributed by atoms with E-state index >= 15 is 0 Å². The van der Waals surface area contributed by atoms with Crippen molar-refractivity contribution in [1.29, 1.82) is 0 Å². The molecule has 0 fully saturated rings. The highest BCUT2D eigenvalue weighted by Crippen LogP contribution is 2.41. The van der Waals surface area contributed by atoms with Crippen molar-refractivity contribution >= 4 is 11.6 Å². The van der Waals surface area contributed by atoms with Crippen LogP contribution in [0.5, 0.6) is 5.75 Å². The van der Waals surface area contributed by atoms with Gasteiger partial charge < -0.3 is 10.4 Å². The molecular weight excluding hydrogens is 317 g/mol. The minimum absolute atomic E-state index is 0.00908. The number of carbonyl (C=O) groups excluding carboxylic acids is 1. The van der Waals surface area contributed by atoms with Crippen molar-refractivity contribution in [2.24, 2.45) is 0 Å². The number of amides is 1. The average Bonchev–Trinajstić information content (AvgIpc) is 2.46. The molecule has 0 unspecified atom stereocenters. The summed E-state index contributed by atoms with van der Waals surface area (Å²) < 4.78 is 13.8. The van der Waals surface area contributed by atoms with Gasteiger partial charge in [-0.3, -0.25) is 4.79 Å². The Labute approximate surface area is 148 Å². The quantitative estimate of drug-likeness (QED) is 0.719. The zero-order chi connectivity index (χ0) is 19.0. The highest BCUT2D eigenvalue weighted by atomic mass is 19.1. The second-order valence-corrected chi connectivity index (χ2v) is 8.35. The first-order chi connectivity index (χ1) is 11.4. The third kappa shape index (κ3) is 4.19. The summed E-state index contributed by atoms with van der Waals surface area (Å²) in [5.41, 5.74) is 1.41. The highest BCUT2D eigenvalue weighted by molar-refractivity contribution is 6.04. The molecule has 4 heteroatoms. The molecule has 0 radical (unpaired) electrons. The SMILES string of the molecule is CC(C)(C)c1cc(NC(=O)c2ccccc2F)cc(C(C)(C)C)c1O. The third-order valence-electron chi connectivity index (χ3n) is 4.10. The van der Waals surface area contributed by atoms with E-state index in [1.165, 1.54) is 12.1 Å². The van der Waals surface area contributed by atoms with E-state index in [1.807, 2.05) is 41.5 Å². The number of carbonyl (C=O) groups is 1. The van der Waals surface area contributed by atoms with Crippen LogP contribution in [0.15, 0.2) is 36.4 Å². The van der Waals surface area contributed by atoms with Gasteiger partial charge in [0.15, 0.2) is 0 Å². The van der Waals surface area contributed by atoms with Crippen molar-refractivity contribution in [3.63, 3.8) is 0 Å². The Morgan fingerprint density at radius 1 is 0.960 bits per heavy atom. The number of phenols is 1. The van der Waals surface area contributed by atoms with E-state index < -0.39 is 11.7 Å². The molecule has 3 nitrogen and oxygen atoms in total. The monoisotopic (exact) mass is 343 g/mol. The van der Waals surface area contributed by atoms with Crippen LogP contribution in [0.2, 0.25) is 0 Å². The van der Waals surface area contributed by atoms with Gasteiger partial charge in [-0.1, -0.05) is 53.7 Å². The number of hydrogen-bond donors (Lipinski definition) is 2. The molecule has 2 N–H and O–H groups in total. The maximum atomic E-state index is 13.8. The lowest BCUT2D eigenvalue weighted by atomic mass is 9.79. The molecule has 0 aliphatic carbocycles. The first kappa shape index (κ1) is 19.0. The smallest absolute Gasteiger partial charge is 0.258 e. The molecule has 0 saturated heterocycles. The van der Waals surface area contributed by atoms with Crippen LogP contribution in [0.3, 0.4) is 0 Å². The molecule has 1 amide bonds. The molecule has 25 heavy (non-hydrogen) atoms. The van der Waals surface area contributed by atoms with E-state index in [0.717, 1.165) is 11.1 Å². The van der Waals surface area contributed by atoms with Crippen LogP contribution in [-0.4, -0.2) is 11.0 Å². The number of nitrogens with one attached hydrogen (secondary N) is 1. The largest absolute Gasteiger partial charge is 0.507 e. The van der Waals surface area contributed by atoms with Gasteiger partial charge in [0.05, 0.1) is 5.56 Å². The molecule has 0 atom stereocenters. The minimum Gasteiger partial charge on any atom is -0.507 e. The Kier molecular flexibility index (Phi) is 4.94. The minimum atomic E-state index is -0.564. The first-order valence-corrected chi connectivity index (χ1v) is 8.35. The van der Waals surface area contributed by atoms with Gasteiger partial charge in [-0.2, -0.15) is 0 Å². The van der Waals surface area contributed by atoms with Crippen molar-refractivity contribution in [1.82, 2.24) is 0 Å². The number of halogens is 1. The first-order valence-electron chi connectivity index (χ1n) is 8.35. The highest BCUT2D eigenvalue weighted by Gasteiger charge is 2.27. The molecule has 2 aromatic rings. The van der Waals surface area contributed by atoms with Gasteiger partial charge in [0, 0.05) is 16.8 Å². The molecule has 134 valence electrons. The summed E-state index contributed by atoms with van der Waals surface area (Å²) in [4.78, 5) is 12.4. The Morgan fingerprint density at radius 2 is 1.44 bits per heavy atom. The van der Waals surface area contributed by atoms with Crippen LogP contribution in [0.4, 0.5) is 10.1 Å². The summed E-state index contributed by atoms with van der Waals surface area (Å²) in [5.74, 6) is -0.835. The van der Waals surface area contributed by atoms with Gasteiger partial charge in [-0.05, 0) is 35.1 Å². The predicted molar refractivity (Wildman–Crippen MR) is 99.9 cm³/mol. The van der Waals surface area contributed by atoms with E-state index in [9.17, 15) is 14.3 Å². The van der Waals surface area contributed by atoms with E-state index in [1.54, 1.807) is 24.3 Å². The van der Waals surface area contributed by atoms with Gasteiger partial charge in [0.2, 0.25) is 0 Å². The van der Waals surface area contributed by atoms with Gasteiger partial charge >= 0.3 is 0 Å². The lowest BCUT2D eigenvalue weighted by Gasteiger charge is -2.28. The Hall–Kier alpha value is -2.36. The van der Waals surface area contributed by atoms with Gasteiger partial charge in [-0.25, -0.2) is 4.39 Å². The van der Waals surface area contributed by atoms with E-state index in [0.29, 0.717) is 5.69 Å². The summed E-state index contributed by atoms with van der Waals surface area (Å²) in [5, 5.41) is 13.5. The van der Waals surface area contributed by atoms with E-state index in [4.69, 9.17) is 0 Å². The van der Waals surface area contributed by atoms with Crippen molar-refractivity contribution < 1.29 is 14.3 Å². The summed E-state index contributed by atoms with van der Waals surface area (Å²) in [7, 11) is 0. The fraction of sp³-hybridized carbons (Fsp3) is 0.381. The Balaban J connectivity index is 2.51. The second-order valence-electron chi connectivity index (χ2n) is 8.35. The number of rotatable bonds is 2. The number of hydrogen-bond acceptors (Lipinski definition) is 2. The molecule has 0 bridgehead atoms. The van der Waals surface area contributed by atoms with Gasteiger partial charge in [0.25, 0.3) is 5.91 Å². The molecule has 0 spiro atoms. The molecule has 0 heterocycles. The van der Waals surface area contributed by atoms with Crippen LogP contribution in [0.1, 0.15) is 63.0 Å². The lowest BCUT2D eigenvalue weighted by molar-refractivity contribution is 0.102. The second kappa shape index (κ2) is 6.51. The molecule has 0 aromatic heterocycles. The van der Waals surface area contributed by atoms with Crippen molar-refractivity contribution in [3.05, 3.63) is 58.9 Å². The number of aromatic hydroxyl groups is 1. The molecule has 0 saturated carbocycles. The molecule has 2 rings (SSSR count). The van der Waals surface area contributed by atoms with Crippen LogP contribution in [0.25, 0.3) is 0 Å². The Morgan fingerprint density at radius 3 is 1.88 bits per heavy atom. The van der Waals surface area contributed by atoms with Crippen LogP contribution in [-0.2, 0) is 10.8 Å². The number of phenolic OH excluding ortho intramolecular Hbond substituents is 1. The van der Waals surface area contributed by atoms with Crippen LogP contribution in [0, 0.1) is 5.82 Å². The predicted octanol–water partition coefficient (Wildman–Crippen LogP) is 5.38. The number of anilines is 1. The third-order valence-corrected chi connectivity index (χ3v) is 4.10. The van der Waals surface area contributed by atoms with Crippen LogP contribution < -0.4 is 5.32 Å². The van der Waals surface area contributed by atoms with Crippen LogP contribution >= 0.6 is 0 Å². The van der Waals surface area contributed by atoms with E-state index in [-0.39, 0.29) is 22.1 Å². The molecule has 0 aliphatic rings. The normalized spacial score (nSPS) is 12.1. The summed E-state index contributed by atoms with van der Waals surface area (Å²) in [6.07, 6.45) is 0. The molecular formula is C21H26FNO2. The van der Waals surface area contributed by atoms with E-state index in [2.05, 4.69) is 5.32 Å². The lowest BCUT2D eigenvalue weighted by Crippen LogP contribution is -2.19. The zero-order valence-electron chi connectivity index (χ0n) is 15.7. The zero-order valence-corrected chi connectivity index (χ0v) is 15.7.